The third-order valence-corrected chi connectivity index (χ3v) is 5.35. The first-order chi connectivity index (χ1) is 7.52. The Morgan fingerprint density at radius 1 is 1.44 bits per heavy atom. The van der Waals surface area contributed by atoms with Crippen LogP contribution >= 0.6 is 15.9 Å². The highest BCUT2D eigenvalue weighted by molar-refractivity contribution is 9.10. The summed E-state index contributed by atoms with van der Waals surface area (Å²) in [6.07, 6.45) is 0.876. The molecule has 0 unspecified atom stereocenters. The van der Waals surface area contributed by atoms with E-state index in [1.165, 1.54) is 6.07 Å². The van der Waals surface area contributed by atoms with E-state index < -0.39 is 14.7 Å². The molecule has 7 heteroatoms. The first-order valence-corrected chi connectivity index (χ1v) is 7.32. The molecule has 1 saturated heterocycles. The predicted molar refractivity (Wildman–Crippen MR) is 65.4 cm³/mol. The van der Waals surface area contributed by atoms with Gasteiger partial charge >= 0.3 is 0 Å². The van der Waals surface area contributed by atoms with Crippen LogP contribution < -0.4 is 0 Å². The quantitative estimate of drug-likeness (QED) is 0.623. The highest BCUT2D eigenvalue weighted by Crippen LogP contribution is 2.37. The molecule has 0 spiro atoms. The van der Waals surface area contributed by atoms with Crippen molar-refractivity contribution in [3.63, 3.8) is 0 Å². The second-order valence-corrected chi connectivity index (χ2v) is 6.89. The highest BCUT2D eigenvalue weighted by atomic mass is 79.9. The lowest BCUT2D eigenvalue weighted by molar-refractivity contribution is -0.384. The van der Waals surface area contributed by atoms with E-state index in [1.807, 2.05) is 0 Å². The van der Waals surface area contributed by atoms with Crippen LogP contribution in [0.4, 0.5) is 11.4 Å². The molecule has 0 aromatic heterocycles. The minimum absolute atomic E-state index is 0.107. The predicted octanol–water partition coefficient (Wildman–Crippen LogP) is 2.86. The summed E-state index contributed by atoms with van der Waals surface area (Å²) < 4.78 is 16.5. The Morgan fingerprint density at radius 3 is 2.62 bits per heavy atom. The van der Waals surface area contributed by atoms with Crippen molar-refractivity contribution >= 4 is 37.0 Å². The molecule has 1 fully saturated rings. The molecule has 1 aromatic carbocycles. The molecule has 1 aromatic rings. The number of nitro groups is 1. The van der Waals surface area contributed by atoms with Crippen LogP contribution in [-0.2, 0) is 9.73 Å². The number of benzene rings is 1. The highest BCUT2D eigenvalue weighted by Gasteiger charge is 2.23. The van der Waals surface area contributed by atoms with E-state index in [0.717, 1.165) is 6.42 Å². The van der Waals surface area contributed by atoms with Crippen LogP contribution in [0.25, 0.3) is 0 Å². The molecule has 16 heavy (non-hydrogen) atoms. The Bertz CT molecular complexity index is 554. The Labute approximate surface area is 101 Å². The molecule has 0 atom stereocenters. The first kappa shape index (κ1) is 11.5. The van der Waals surface area contributed by atoms with Gasteiger partial charge in [0.05, 0.1) is 19.1 Å². The maximum atomic E-state index is 11.9. The van der Waals surface area contributed by atoms with Gasteiger partial charge < -0.3 is 0 Å². The van der Waals surface area contributed by atoms with Gasteiger partial charge in [-0.15, -0.1) is 0 Å². The standard InChI is InChI=1S/C9H9BrN2O3S/c10-7-3-1-4-8(12(13)14)9(7)11-16(15)5-2-6-16/h1,3-4H,2,5-6H2. The number of nitro benzene ring substituents is 1. The molecule has 0 saturated carbocycles. The molecule has 1 aliphatic rings. The molecular weight excluding hydrogens is 296 g/mol. The normalized spacial score (nSPS) is 17.6. The Hall–Kier alpha value is -0.950. The largest absolute Gasteiger partial charge is 0.296 e. The van der Waals surface area contributed by atoms with Crippen molar-refractivity contribution in [1.29, 1.82) is 0 Å². The fourth-order valence-electron chi connectivity index (χ4n) is 1.39. The van der Waals surface area contributed by atoms with Gasteiger partial charge in [-0.25, -0.2) is 4.21 Å². The van der Waals surface area contributed by atoms with Gasteiger partial charge in [0.15, 0.2) is 5.69 Å². The summed E-state index contributed by atoms with van der Waals surface area (Å²) in [7, 11) is -2.23. The fraction of sp³-hybridized carbons (Fsp3) is 0.333. The van der Waals surface area contributed by atoms with E-state index in [0.29, 0.717) is 16.0 Å². The van der Waals surface area contributed by atoms with E-state index >= 15 is 0 Å². The van der Waals surface area contributed by atoms with Crippen LogP contribution in [0.5, 0.6) is 0 Å². The number of halogens is 1. The van der Waals surface area contributed by atoms with Gasteiger partial charge in [-0.05, 0) is 28.4 Å². The molecule has 1 aliphatic heterocycles. The van der Waals surface area contributed by atoms with Gasteiger partial charge in [0, 0.05) is 17.6 Å². The van der Waals surface area contributed by atoms with Crippen molar-refractivity contribution < 1.29 is 9.13 Å². The van der Waals surface area contributed by atoms with Crippen molar-refractivity contribution in [3.05, 3.63) is 32.8 Å². The third kappa shape index (κ3) is 2.10. The van der Waals surface area contributed by atoms with Crippen molar-refractivity contribution in [2.75, 3.05) is 11.5 Å². The van der Waals surface area contributed by atoms with E-state index in [2.05, 4.69) is 20.3 Å². The minimum Gasteiger partial charge on any atom is -0.258 e. The molecule has 2 rings (SSSR count). The summed E-state index contributed by atoms with van der Waals surface area (Å²) in [5, 5.41) is 10.8. The second-order valence-electron chi connectivity index (χ2n) is 3.49. The zero-order chi connectivity index (χ0) is 11.8. The summed E-state index contributed by atoms with van der Waals surface area (Å²) in [5.41, 5.74) is 0.0844. The SMILES string of the molecule is O=[N+]([O-])c1cccc(Br)c1N=S1(=O)CCC1. The maximum Gasteiger partial charge on any atom is 0.296 e. The van der Waals surface area contributed by atoms with E-state index in [4.69, 9.17) is 0 Å². The van der Waals surface area contributed by atoms with Crippen LogP contribution in [0, 0.1) is 10.1 Å². The molecular formula is C9H9BrN2O3S. The van der Waals surface area contributed by atoms with Gasteiger partial charge in [-0.3, -0.25) is 10.1 Å². The molecule has 5 nitrogen and oxygen atoms in total. The molecule has 1 heterocycles. The maximum absolute atomic E-state index is 11.9. The van der Waals surface area contributed by atoms with Crippen molar-refractivity contribution in [1.82, 2.24) is 0 Å². The topological polar surface area (TPSA) is 72.6 Å². The van der Waals surface area contributed by atoms with Crippen LogP contribution in [0.15, 0.2) is 27.0 Å². The lowest BCUT2D eigenvalue weighted by Crippen LogP contribution is -2.23. The van der Waals surface area contributed by atoms with Gasteiger partial charge in [-0.2, -0.15) is 4.36 Å². The van der Waals surface area contributed by atoms with Crippen LogP contribution in [0.1, 0.15) is 6.42 Å². The summed E-state index contributed by atoms with van der Waals surface area (Å²) in [5.74, 6) is 1.07. The number of nitrogens with zero attached hydrogens (tertiary/aromatic N) is 2. The first-order valence-electron chi connectivity index (χ1n) is 4.67. The zero-order valence-corrected chi connectivity index (χ0v) is 10.7. The fourth-order valence-corrected chi connectivity index (χ4v) is 3.44. The molecule has 0 radical (unpaired) electrons. The lowest BCUT2D eigenvalue weighted by Gasteiger charge is -2.17. The number of hydrogen-bond donors (Lipinski definition) is 0. The van der Waals surface area contributed by atoms with Gasteiger partial charge in [0.25, 0.3) is 5.69 Å². The number of rotatable bonds is 2. The molecule has 86 valence electrons. The van der Waals surface area contributed by atoms with Crippen molar-refractivity contribution in [2.45, 2.75) is 6.42 Å². The Kier molecular flexibility index (Phi) is 2.98. The summed E-state index contributed by atoms with van der Waals surface area (Å²) in [4.78, 5) is 10.3. The minimum atomic E-state index is -2.23. The average molecular weight is 305 g/mol. The molecule has 0 amide bonds. The lowest BCUT2D eigenvalue weighted by atomic mass is 10.3. The summed E-state index contributed by atoms with van der Waals surface area (Å²) in [6, 6.07) is 4.59. The molecule has 0 aliphatic carbocycles. The molecule has 0 N–H and O–H groups in total. The average Bonchev–Trinajstić information content (AvgIpc) is 2.18. The third-order valence-electron chi connectivity index (χ3n) is 2.35. The second kappa shape index (κ2) is 4.14. The van der Waals surface area contributed by atoms with Crippen molar-refractivity contribution in [2.24, 2.45) is 4.36 Å². The van der Waals surface area contributed by atoms with Crippen molar-refractivity contribution in [3.8, 4) is 0 Å². The Morgan fingerprint density at radius 2 is 2.12 bits per heavy atom. The monoisotopic (exact) mass is 304 g/mol. The Balaban J connectivity index is 2.59. The summed E-state index contributed by atoms with van der Waals surface area (Å²) in [6.45, 7) is 0. The van der Waals surface area contributed by atoms with Crippen LogP contribution in [0.2, 0.25) is 0 Å². The van der Waals surface area contributed by atoms with E-state index in [1.54, 1.807) is 12.1 Å². The van der Waals surface area contributed by atoms with Gasteiger partial charge in [-0.1, -0.05) is 6.07 Å². The molecule has 0 bridgehead atoms. The van der Waals surface area contributed by atoms with Gasteiger partial charge in [0.2, 0.25) is 0 Å². The zero-order valence-electron chi connectivity index (χ0n) is 8.26. The van der Waals surface area contributed by atoms with Crippen LogP contribution in [-0.4, -0.2) is 20.6 Å². The van der Waals surface area contributed by atoms with E-state index in [9.17, 15) is 14.3 Å². The van der Waals surface area contributed by atoms with Gasteiger partial charge in [0.1, 0.15) is 0 Å². The smallest absolute Gasteiger partial charge is 0.258 e. The summed E-state index contributed by atoms with van der Waals surface area (Å²) >= 11 is 3.20. The number of hydrogen-bond acceptors (Lipinski definition) is 4. The van der Waals surface area contributed by atoms with E-state index in [-0.39, 0.29) is 11.4 Å². The van der Waals surface area contributed by atoms with Crippen LogP contribution in [0.3, 0.4) is 0 Å².